The van der Waals surface area contributed by atoms with Gasteiger partial charge >= 0.3 is 0 Å². The minimum Gasteiger partial charge on any atom is -0.454 e. The molecule has 2 aliphatic rings. The van der Waals surface area contributed by atoms with Gasteiger partial charge in [-0.15, -0.1) is 0 Å². The Kier molecular flexibility index (Phi) is 3.16. The maximum absolute atomic E-state index is 12.6. The summed E-state index contributed by atoms with van der Waals surface area (Å²) >= 11 is 6.63. The first-order valence-corrected chi connectivity index (χ1v) is 7.76. The number of thiocarbonyl (C=S) groups is 1. The summed E-state index contributed by atoms with van der Waals surface area (Å²) in [6.07, 6.45) is 3.61. The highest BCUT2D eigenvalue weighted by molar-refractivity contribution is 8.27. The Morgan fingerprint density at radius 3 is 2.95 bits per heavy atom. The van der Waals surface area contributed by atoms with Crippen molar-refractivity contribution in [3.05, 3.63) is 47.1 Å². The number of fused-ring (bicyclic) bond motifs is 1. The number of anilines is 1. The average molecular weight is 330 g/mol. The zero-order valence-electron chi connectivity index (χ0n) is 11.2. The van der Waals surface area contributed by atoms with Crippen molar-refractivity contribution in [1.29, 1.82) is 0 Å². The van der Waals surface area contributed by atoms with Crippen LogP contribution in [0.25, 0.3) is 6.08 Å². The monoisotopic (exact) mass is 330 g/mol. The number of benzene rings is 1. The number of ether oxygens (including phenoxy) is 2. The minimum atomic E-state index is -0.136. The smallest absolute Gasteiger partial charge is 0.270 e. The lowest BCUT2D eigenvalue weighted by molar-refractivity contribution is -0.113. The van der Waals surface area contributed by atoms with E-state index in [0.717, 1.165) is 5.69 Å². The molecule has 2 aliphatic heterocycles. The molecule has 110 valence electrons. The van der Waals surface area contributed by atoms with Gasteiger partial charge in [0.05, 0.1) is 10.6 Å². The molecule has 1 aromatic carbocycles. The molecule has 0 saturated carbocycles. The molecule has 2 aromatic rings. The molecule has 0 unspecified atom stereocenters. The van der Waals surface area contributed by atoms with Gasteiger partial charge in [-0.05, 0) is 30.3 Å². The van der Waals surface area contributed by atoms with Crippen molar-refractivity contribution in [1.82, 2.24) is 4.98 Å². The Balaban J connectivity index is 1.68. The first-order valence-electron chi connectivity index (χ1n) is 6.53. The Morgan fingerprint density at radius 1 is 1.27 bits per heavy atom. The van der Waals surface area contributed by atoms with Gasteiger partial charge in [0.1, 0.15) is 0 Å². The van der Waals surface area contributed by atoms with Gasteiger partial charge in [0.25, 0.3) is 5.91 Å². The number of H-pyrrole nitrogens is 1. The summed E-state index contributed by atoms with van der Waals surface area (Å²) in [6, 6.07) is 9.13. The lowest BCUT2D eigenvalue weighted by atomic mass is 10.2. The van der Waals surface area contributed by atoms with Gasteiger partial charge in [0, 0.05) is 18.0 Å². The van der Waals surface area contributed by atoms with Crippen molar-refractivity contribution in [3.63, 3.8) is 0 Å². The van der Waals surface area contributed by atoms with Gasteiger partial charge in [-0.2, -0.15) is 0 Å². The van der Waals surface area contributed by atoms with E-state index in [1.807, 2.05) is 18.3 Å². The van der Waals surface area contributed by atoms with E-state index in [0.29, 0.717) is 26.4 Å². The first kappa shape index (κ1) is 13.4. The molecule has 1 amide bonds. The lowest BCUT2D eigenvalue weighted by Crippen LogP contribution is -2.27. The highest BCUT2D eigenvalue weighted by Crippen LogP contribution is 2.40. The third kappa shape index (κ3) is 2.18. The molecule has 0 atom stereocenters. The summed E-state index contributed by atoms with van der Waals surface area (Å²) in [6.45, 7) is 0.198. The van der Waals surface area contributed by atoms with Crippen molar-refractivity contribution in [2.45, 2.75) is 0 Å². The van der Waals surface area contributed by atoms with Crippen molar-refractivity contribution in [2.24, 2.45) is 0 Å². The van der Waals surface area contributed by atoms with E-state index >= 15 is 0 Å². The van der Waals surface area contributed by atoms with Crippen LogP contribution in [0.3, 0.4) is 0 Å². The third-order valence-corrected chi connectivity index (χ3v) is 4.62. The van der Waals surface area contributed by atoms with Crippen LogP contribution in [-0.4, -0.2) is 22.0 Å². The first-order chi connectivity index (χ1) is 10.7. The largest absolute Gasteiger partial charge is 0.454 e. The van der Waals surface area contributed by atoms with Crippen LogP contribution in [0.15, 0.2) is 41.4 Å². The predicted octanol–water partition coefficient (Wildman–Crippen LogP) is 3.15. The second kappa shape index (κ2) is 5.19. The molecular weight excluding hydrogens is 320 g/mol. The zero-order chi connectivity index (χ0) is 15.1. The van der Waals surface area contributed by atoms with E-state index < -0.39 is 0 Å². The van der Waals surface area contributed by atoms with E-state index in [1.54, 1.807) is 24.3 Å². The van der Waals surface area contributed by atoms with Crippen LogP contribution in [-0.2, 0) is 4.79 Å². The number of carbonyl (C=O) groups excluding carboxylic acids is 1. The number of nitrogens with zero attached hydrogens (tertiary/aromatic N) is 1. The molecule has 0 aliphatic carbocycles. The molecule has 1 fully saturated rings. The number of aromatic amines is 1. The Morgan fingerprint density at radius 2 is 2.14 bits per heavy atom. The summed E-state index contributed by atoms with van der Waals surface area (Å²) in [7, 11) is 0. The van der Waals surface area contributed by atoms with Crippen molar-refractivity contribution in [2.75, 3.05) is 11.7 Å². The Bertz CT molecular complexity index is 799. The van der Waals surface area contributed by atoms with Gasteiger partial charge in [-0.1, -0.05) is 24.0 Å². The van der Waals surface area contributed by atoms with Crippen LogP contribution in [0.1, 0.15) is 5.69 Å². The van der Waals surface area contributed by atoms with E-state index in [-0.39, 0.29) is 12.7 Å². The molecule has 7 heteroatoms. The van der Waals surface area contributed by atoms with Crippen LogP contribution in [0.5, 0.6) is 11.5 Å². The van der Waals surface area contributed by atoms with E-state index in [2.05, 4.69) is 4.98 Å². The van der Waals surface area contributed by atoms with E-state index in [1.165, 1.54) is 16.7 Å². The highest BCUT2D eigenvalue weighted by atomic mass is 32.2. The number of rotatable bonds is 2. The number of hydrogen-bond donors (Lipinski definition) is 1. The number of carbonyl (C=O) groups is 1. The fourth-order valence-electron chi connectivity index (χ4n) is 2.29. The van der Waals surface area contributed by atoms with Crippen LogP contribution in [0.2, 0.25) is 0 Å². The Hall–Kier alpha value is -2.25. The standard InChI is InChI=1S/C15H10N2O3S2/c18-14-13(6-9-2-1-5-16-9)22-15(21)17(14)10-3-4-11-12(7-10)20-8-19-11/h1-7,16H,8H2. The second-order valence-electron chi connectivity index (χ2n) is 4.68. The van der Waals surface area contributed by atoms with Crippen LogP contribution >= 0.6 is 24.0 Å². The van der Waals surface area contributed by atoms with Crippen LogP contribution in [0.4, 0.5) is 5.69 Å². The van der Waals surface area contributed by atoms with E-state index in [9.17, 15) is 4.79 Å². The summed E-state index contributed by atoms with van der Waals surface area (Å²) < 4.78 is 11.1. The molecule has 3 heterocycles. The third-order valence-electron chi connectivity index (χ3n) is 3.32. The molecule has 1 saturated heterocycles. The topological polar surface area (TPSA) is 54.6 Å². The molecule has 0 bridgehead atoms. The molecule has 1 aromatic heterocycles. The highest BCUT2D eigenvalue weighted by Gasteiger charge is 2.34. The molecule has 1 N–H and O–H groups in total. The lowest BCUT2D eigenvalue weighted by Gasteiger charge is -2.14. The maximum Gasteiger partial charge on any atom is 0.270 e. The minimum absolute atomic E-state index is 0.136. The summed E-state index contributed by atoms with van der Waals surface area (Å²) in [5, 5.41) is 0. The number of nitrogens with one attached hydrogen (secondary N) is 1. The number of thioether (sulfide) groups is 1. The van der Waals surface area contributed by atoms with Crippen molar-refractivity contribution in [3.8, 4) is 11.5 Å². The molecule has 22 heavy (non-hydrogen) atoms. The second-order valence-corrected chi connectivity index (χ2v) is 6.36. The molecule has 0 spiro atoms. The zero-order valence-corrected chi connectivity index (χ0v) is 12.9. The summed E-state index contributed by atoms with van der Waals surface area (Å²) in [5.41, 5.74) is 1.55. The molecular formula is C15H10N2O3S2. The summed E-state index contributed by atoms with van der Waals surface area (Å²) in [5.74, 6) is 1.17. The van der Waals surface area contributed by atoms with Crippen LogP contribution in [0, 0.1) is 0 Å². The number of amides is 1. The average Bonchev–Trinajstić information content (AvgIpc) is 3.21. The molecule has 4 rings (SSSR count). The molecule has 5 nitrogen and oxygen atoms in total. The fraction of sp³-hybridized carbons (Fsp3) is 0.0667. The van der Waals surface area contributed by atoms with Gasteiger partial charge < -0.3 is 14.5 Å². The number of aromatic nitrogens is 1. The van der Waals surface area contributed by atoms with Crippen molar-refractivity contribution < 1.29 is 14.3 Å². The fourth-order valence-corrected chi connectivity index (χ4v) is 3.58. The normalized spacial score (nSPS) is 18.5. The summed E-state index contributed by atoms with van der Waals surface area (Å²) in [4.78, 5) is 17.8. The van der Waals surface area contributed by atoms with Gasteiger partial charge in [-0.3, -0.25) is 9.69 Å². The van der Waals surface area contributed by atoms with Gasteiger partial charge in [0.2, 0.25) is 6.79 Å². The van der Waals surface area contributed by atoms with Gasteiger partial charge in [-0.25, -0.2) is 0 Å². The maximum atomic E-state index is 12.6. The van der Waals surface area contributed by atoms with Gasteiger partial charge in [0.15, 0.2) is 15.8 Å². The molecule has 0 radical (unpaired) electrons. The Labute approximate surface area is 135 Å². The quantitative estimate of drug-likeness (QED) is 0.677. The predicted molar refractivity (Wildman–Crippen MR) is 89.0 cm³/mol. The van der Waals surface area contributed by atoms with Crippen molar-refractivity contribution >= 4 is 46.0 Å². The number of hydrogen-bond acceptors (Lipinski definition) is 5. The van der Waals surface area contributed by atoms with E-state index in [4.69, 9.17) is 21.7 Å². The van der Waals surface area contributed by atoms with Crippen LogP contribution < -0.4 is 14.4 Å². The SMILES string of the molecule is O=C1C(=Cc2ccc[nH]2)SC(=S)N1c1ccc2c(c1)OCO2.